The lowest BCUT2D eigenvalue weighted by Crippen LogP contribution is -2.40. The number of amides is 1. The molecule has 0 aliphatic carbocycles. The third kappa shape index (κ3) is 4.11. The molecule has 0 saturated heterocycles. The van der Waals surface area contributed by atoms with Gasteiger partial charge in [-0.2, -0.15) is 0 Å². The minimum atomic E-state index is -0.393. The summed E-state index contributed by atoms with van der Waals surface area (Å²) in [5.41, 5.74) is 0.309. The van der Waals surface area contributed by atoms with Crippen LogP contribution in [-0.4, -0.2) is 21.7 Å². The number of hydrogen-bond acceptors (Lipinski definition) is 3. The summed E-state index contributed by atoms with van der Waals surface area (Å²) < 4.78 is 2.05. The number of nitrogens with one attached hydrogen (secondary N) is 2. The molecule has 0 radical (unpaired) electrons. The molecule has 1 amide bonds. The maximum absolute atomic E-state index is 12.4. The van der Waals surface area contributed by atoms with Gasteiger partial charge in [0.1, 0.15) is 6.54 Å². The quantitative estimate of drug-likeness (QED) is 0.669. The van der Waals surface area contributed by atoms with Gasteiger partial charge in [-0.3, -0.25) is 19.5 Å². The summed E-state index contributed by atoms with van der Waals surface area (Å²) >= 11 is 3.39. The molecule has 3 aromatic rings. The molecular formula is C19H18BrN3O3. The Labute approximate surface area is 158 Å². The van der Waals surface area contributed by atoms with Crippen molar-refractivity contribution >= 4 is 32.6 Å². The molecule has 6 nitrogen and oxygen atoms in total. The molecule has 0 aliphatic heterocycles. The van der Waals surface area contributed by atoms with Crippen molar-refractivity contribution in [1.29, 1.82) is 0 Å². The molecule has 0 spiro atoms. The Balaban J connectivity index is 1.71. The molecule has 7 heteroatoms. The lowest BCUT2D eigenvalue weighted by Gasteiger charge is -2.15. The maximum Gasteiger partial charge on any atom is 0.273 e. The van der Waals surface area contributed by atoms with Crippen LogP contribution in [0.25, 0.3) is 10.8 Å². The van der Waals surface area contributed by atoms with E-state index in [1.807, 2.05) is 31.2 Å². The zero-order valence-corrected chi connectivity index (χ0v) is 15.7. The van der Waals surface area contributed by atoms with Gasteiger partial charge in [-0.25, -0.2) is 4.68 Å². The summed E-state index contributed by atoms with van der Waals surface area (Å²) in [4.78, 5) is 36.8. The van der Waals surface area contributed by atoms with Crippen LogP contribution in [0.5, 0.6) is 0 Å². The van der Waals surface area contributed by atoms with Crippen LogP contribution >= 0.6 is 15.9 Å². The van der Waals surface area contributed by atoms with E-state index in [0.29, 0.717) is 17.2 Å². The zero-order chi connectivity index (χ0) is 18.7. The molecule has 0 bridgehead atoms. The molecule has 3 rings (SSSR count). The second-order valence-corrected chi connectivity index (χ2v) is 7.09. The van der Waals surface area contributed by atoms with Gasteiger partial charge in [0.15, 0.2) is 0 Å². The summed E-state index contributed by atoms with van der Waals surface area (Å²) in [6.45, 7) is 1.66. The fourth-order valence-electron chi connectivity index (χ4n) is 2.85. The van der Waals surface area contributed by atoms with Gasteiger partial charge in [0.05, 0.1) is 10.8 Å². The average Bonchev–Trinajstić information content (AvgIpc) is 2.61. The van der Waals surface area contributed by atoms with Crippen molar-refractivity contribution < 1.29 is 4.79 Å². The standard InChI is InChI=1S/C19H18BrN3O3/c1-12(10-13-6-8-14(20)9-7-13)21-17(24)11-23-19(26)16-5-3-2-4-15(16)18(25)22-23/h2-9,12H,10-11H2,1H3,(H,21,24)(H,22,25)/t12-/m1/s1. The van der Waals surface area contributed by atoms with E-state index in [4.69, 9.17) is 0 Å². The third-order valence-corrected chi connectivity index (χ3v) is 4.58. The number of carbonyl (C=O) groups excluding carboxylic acids is 1. The van der Waals surface area contributed by atoms with Crippen molar-refractivity contribution in [2.24, 2.45) is 0 Å². The molecule has 0 unspecified atom stereocenters. The first-order chi connectivity index (χ1) is 12.4. The highest BCUT2D eigenvalue weighted by Crippen LogP contribution is 2.11. The van der Waals surface area contributed by atoms with Gasteiger partial charge in [-0.15, -0.1) is 0 Å². The lowest BCUT2D eigenvalue weighted by molar-refractivity contribution is -0.122. The van der Waals surface area contributed by atoms with Crippen molar-refractivity contribution in [3.05, 3.63) is 79.3 Å². The van der Waals surface area contributed by atoms with Crippen LogP contribution in [0.4, 0.5) is 0 Å². The molecule has 2 N–H and O–H groups in total. The number of halogens is 1. The van der Waals surface area contributed by atoms with Crippen molar-refractivity contribution in [3.8, 4) is 0 Å². The second kappa shape index (κ2) is 7.70. The number of aromatic amines is 1. The predicted octanol–water partition coefficient (Wildman–Crippen LogP) is 2.20. The maximum atomic E-state index is 12.4. The molecule has 0 saturated carbocycles. The van der Waals surface area contributed by atoms with E-state index in [2.05, 4.69) is 26.3 Å². The van der Waals surface area contributed by atoms with Crippen LogP contribution in [-0.2, 0) is 17.8 Å². The molecular weight excluding hydrogens is 398 g/mol. The fraction of sp³-hybridized carbons (Fsp3) is 0.211. The lowest BCUT2D eigenvalue weighted by atomic mass is 10.1. The van der Waals surface area contributed by atoms with Crippen LogP contribution < -0.4 is 16.4 Å². The predicted molar refractivity (Wildman–Crippen MR) is 104 cm³/mol. The van der Waals surface area contributed by atoms with Crippen molar-refractivity contribution in [1.82, 2.24) is 15.1 Å². The first-order valence-corrected chi connectivity index (χ1v) is 8.99. The van der Waals surface area contributed by atoms with Gasteiger partial charge in [-0.05, 0) is 43.2 Å². The van der Waals surface area contributed by atoms with E-state index >= 15 is 0 Å². The number of H-pyrrole nitrogens is 1. The molecule has 0 aliphatic rings. The number of aromatic nitrogens is 2. The Morgan fingerprint density at radius 2 is 1.77 bits per heavy atom. The SMILES string of the molecule is C[C@H](Cc1ccc(Br)cc1)NC(=O)Cn1[nH]c(=O)c2ccccc2c1=O. The van der Waals surface area contributed by atoms with Gasteiger partial charge >= 0.3 is 0 Å². The molecule has 1 aromatic heterocycles. The highest BCUT2D eigenvalue weighted by molar-refractivity contribution is 9.10. The molecule has 26 heavy (non-hydrogen) atoms. The zero-order valence-electron chi connectivity index (χ0n) is 14.2. The van der Waals surface area contributed by atoms with E-state index < -0.39 is 11.1 Å². The van der Waals surface area contributed by atoms with Gasteiger partial charge in [0, 0.05) is 10.5 Å². The number of rotatable bonds is 5. The number of benzene rings is 2. The van der Waals surface area contributed by atoms with E-state index in [1.165, 1.54) is 0 Å². The first-order valence-electron chi connectivity index (χ1n) is 8.19. The van der Waals surface area contributed by atoms with Gasteiger partial charge in [-0.1, -0.05) is 40.2 Å². The minimum absolute atomic E-state index is 0.105. The highest BCUT2D eigenvalue weighted by Gasteiger charge is 2.12. The van der Waals surface area contributed by atoms with Crippen LogP contribution in [0, 0.1) is 0 Å². The molecule has 134 valence electrons. The topological polar surface area (TPSA) is 84.0 Å². The molecule has 2 aromatic carbocycles. The average molecular weight is 416 g/mol. The Morgan fingerprint density at radius 1 is 1.12 bits per heavy atom. The summed E-state index contributed by atoms with van der Waals surface area (Å²) in [6.07, 6.45) is 0.669. The van der Waals surface area contributed by atoms with E-state index in [0.717, 1.165) is 14.7 Å². The van der Waals surface area contributed by atoms with Crippen LogP contribution in [0.2, 0.25) is 0 Å². The molecule has 1 atom stereocenters. The van der Waals surface area contributed by atoms with Crippen molar-refractivity contribution in [2.75, 3.05) is 0 Å². The number of nitrogens with zero attached hydrogens (tertiary/aromatic N) is 1. The van der Waals surface area contributed by atoms with Gasteiger partial charge in [0.2, 0.25) is 5.91 Å². The summed E-state index contributed by atoms with van der Waals surface area (Å²) in [5, 5.41) is 5.93. The van der Waals surface area contributed by atoms with Crippen LogP contribution in [0.1, 0.15) is 12.5 Å². The Kier molecular flexibility index (Phi) is 5.37. The van der Waals surface area contributed by atoms with Crippen molar-refractivity contribution in [3.63, 3.8) is 0 Å². The van der Waals surface area contributed by atoms with E-state index in [9.17, 15) is 14.4 Å². The highest BCUT2D eigenvalue weighted by atomic mass is 79.9. The largest absolute Gasteiger partial charge is 0.352 e. The Hall–Kier alpha value is -2.67. The summed E-state index contributed by atoms with van der Waals surface area (Å²) in [6, 6.07) is 14.3. The van der Waals surface area contributed by atoms with Crippen LogP contribution in [0.15, 0.2) is 62.6 Å². The Bertz CT molecular complexity index is 1050. The summed E-state index contributed by atoms with van der Waals surface area (Å²) in [7, 11) is 0. The second-order valence-electron chi connectivity index (χ2n) is 6.18. The minimum Gasteiger partial charge on any atom is -0.352 e. The first kappa shape index (κ1) is 18.1. The number of fused-ring (bicyclic) bond motifs is 1. The van der Waals surface area contributed by atoms with Gasteiger partial charge in [0.25, 0.3) is 11.1 Å². The number of hydrogen-bond donors (Lipinski definition) is 2. The molecule has 1 heterocycles. The fourth-order valence-corrected chi connectivity index (χ4v) is 3.11. The van der Waals surface area contributed by atoms with Crippen molar-refractivity contribution in [2.45, 2.75) is 25.9 Å². The van der Waals surface area contributed by atoms with Gasteiger partial charge < -0.3 is 5.32 Å². The Morgan fingerprint density at radius 3 is 2.46 bits per heavy atom. The van der Waals surface area contributed by atoms with E-state index in [-0.39, 0.29) is 18.5 Å². The van der Waals surface area contributed by atoms with Crippen LogP contribution in [0.3, 0.4) is 0 Å². The monoisotopic (exact) mass is 415 g/mol. The normalized spacial score (nSPS) is 12.1. The summed E-state index contributed by atoms with van der Waals surface area (Å²) in [5.74, 6) is -0.331. The molecule has 0 fully saturated rings. The van der Waals surface area contributed by atoms with E-state index in [1.54, 1.807) is 24.3 Å². The smallest absolute Gasteiger partial charge is 0.273 e. The number of carbonyl (C=O) groups is 1. The third-order valence-electron chi connectivity index (χ3n) is 4.05.